The van der Waals surface area contributed by atoms with Crippen LogP contribution in [-0.2, 0) is 42.7 Å². The highest BCUT2D eigenvalue weighted by Gasteiger charge is 2.51. The van der Waals surface area contributed by atoms with Gasteiger partial charge in [-0.1, -0.05) is 60.7 Å². The molecule has 5 rings (SSSR count). The van der Waals surface area contributed by atoms with Gasteiger partial charge in [-0.05, 0) is 70.9 Å². The predicted molar refractivity (Wildman–Crippen MR) is 222 cm³/mol. The van der Waals surface area contributed by atoms with Crippen LogP contribution in [0.4, 0.5) is 24.9 Å². The van der Waals surface area contributed by atoms with Crippen molar-refractivity contribution in [1.82, 2.24) is 16.0 Å². The Bertz CT molecular complexity index is 2180. The van der Waals surface area contributed by atoms with E-state index in [0.717, 1.165) is 37.3 Å². The molecular weight excluding hydrogens is 842 g/mol. The largest absolute Gasteiger partial charge is 0.514 e. The van der Waals surface area contributed by atoms with Crippen molar-refractivity contribution in [2.24, 2.45) is 4.99 Å². The molecule has 1 unspecified atom stereocenters. The van der Waals surface area contributed by atoms with Gasteiger partial charge < -0.3 is 43.2 Å². The van der Waals surface area contributed by atoms with Crippen molar-refractivity contribution < 1.29 is 71.6 Å². The normalized spacial score (nSPS) is 18.6. The van der Waals surface area contributed by atoms with Gasteiger partial charge in [0.2, 0.25) is 17.6 Å². The Balaban J connectivity index is 1.64. The van der Waals surface area contributed by atoms with Crippen LogP contribution >= 0.6 is 0 Å². The summed E-state index contributed by atoms with van der Waals surface area (Å²) in [5.74, 6) is -3.17. The molecule has 0 spiro atoms. The quantitative estimate of drug-likeness (QED) is 0.0384. The summed E-state index contributed by atoms with van der Waals surface area (Å²) < 4.78 is 44.5. The molecule has 3 aromatic rings. The van der Waals surface area contributed by atoms with Gasteiger partial charge in [-0.2, -0.15) is 0 Å². The van der Waals surface area contributed by atoms with Gasteiger partial charge >= 0.3 is 30.5 Å². The number of nitrogens with zero attached hydrogens (tertiary/aromatic N) is 2. The van der Waals surface area contributed by atoms with Gasteiger partial charge in [0.15, 0.2) is 24.4 Å². The molecule has 1 saturated heterocycles. The van der Waals surface area contributed by atoms with E-state index in [1.807, 2.05) is 0 Å². The van der Waals surface area contributed by atoms with Gasteiger partial charge in [0.05, 0.1) is 17.0 Å². The van der Waals surface area contributed by atoms with Crippen molar-refractivity contribution in [3.8, 4) is 5.75 Å². The maximum Gasteiger partial charge on any atom is 0.514 e. The first-order chi connectivity index (χ1) is 30.1. The lowest BCUT2D eigenvalue weighted by molar-refractivity contribution is -0.384. The summed E-state index contributed by atoms with van der Waals surface area (Å²) in [6, 6.07) is 18.8. The van der Waals surface area contributed by atoms with Crippen molar-refractivity contribution >= 4 is 48.0 Å². The second-order valence-electron chi connectivity index (χ2n) is 16.1. The van der Waals surface area contributed by atoms with Crippen LogP contribution in [0.3, 0.4) is 0 Å². The fourth-order valence-electron chi connectivity index (χ4n) is 6.14. The first kappa shape index (κ1) is 47.3. The molecule has 3 amide bonds. The number of nitro groups is 1. The Morgan fingerprint density at radius 3 is 1.81 bits per heavy atom. The number of cyclic esters (lactones) is 2. The Morgan fingerprint density at radius 2 is 1.34 bits per heavy atom. The number of hydrogen-bond acceptors (Lipinski definition) is 17. The third-order valence-corrected chi connectivity index (χ3v) is 8.61. The molecular formula is C43H47N5O16. The molecule has 2 aliphatic heterocycles. The van der Waals surface area contributed by atoms with Crippen LogP contribution in [0.2, 0.25) is 0 Å². The summed E-state index contributed by atoms with van der Waals surface area (Å²) in [5.41, 5.74) is -1.22. The van der Waals surface area contributed by atoms with E-state index in [9.17, 15) is 38.9 Å². The molecule has 0 radical (unpaired) electrons. The summed E-state index contributed by atoms with van der Waals surface area (Å²) >= 11 is 0. The zero-order chi connectivity index (χ0) is 46.8. The second kappa shape index (κ2) is 20.4. The summed E-state index contributed by atoms with van der Waals surface area (Å²) in [6.07, 6.45) is -9.69. The topological polar surface area (TPSA) is 268 Å². The van der Waals surface area contributed by atoms with Gasteiger partial charge in [-0.3, -0.25) is 25.5 Å². The minimum absolute atomic E-state index is 0.192. The number of rotatable bonds is 11. The molecule has 340 valence electrons. The number of ether oxygens (including phenoxy) is 8. The Labute approximate surface area is 366 Å². The van der Waals surface area contributed by atoms with Crippen LogP contribution < -0.4 is 20.7 Å². The minimum atomic E-state index is -1.80. The van der Waals surface area contributed by atoms with Crippen LogP contribution in [0.1, 0.15) is 65.7 Å². The number of guanidine groups is 1. The van der Waals surface area contributed by atoms with E-state index in [0.29, 0.717) is 11.1 Å². The van der Waals surface area contributed by atoms with E-state index >= 15 is 0 Å². The van der Waals surface area contributed by atoms with E-state index in [-0.39, 0.29) is 11.4 Å². The van der Waals surface area contributed by atoms with Gasteiger partial charge in [-0.25, -0.2) is 29.0 Å². The molecule has 3 aromatic carbocycles. The number of aliphatic imine (C=N–C) groups is 1. The Morgan fingerprint density at radius 1 is 0.797 bits per heavy atom. The zero-order valence-electron chi connectivity index (χ0n) is 35.8. The van der Waals surface area contributed by atoms with Gasteiger partial charge in [0.25, 0.3) is 5.69 Å². The lowest BCUT2D eigenvalue weighted by Crippen LogP contribution is -2.61. The highest BCUT2D eigenvalue weighted by molar-refractivity contribution is 6.01. The predicted octanol–water partition coefficient (Wildman–Crippen LogP) is 5.91. The number of amides is 3. The molecule has 5 atom stereocenters. The zero-order valence-corrected chi connectivity index (χ0v) is 35.8. The fourth-order valence-corrected chi connectivity index (χ4v) is 6.14. The van der Waals surface area contributed by atoms with E-state index in [2.05, 4.69) is 20.9 Å². The van der Waals surface area contributed by atoms with E-state index in [4.69, 9.17) is 37.9 Å². The number of carbonyl (C=O) groups is 6. The van der Waals surface area contributed by atoms with Crippen molar-refractivity contribution in [2.75, 3.05) is 6.61 Å². The van der Waals surface area contributed by atoms with E-state index in [1.165, 1.54) is 0 Å². The number of carbonyl (C=O) groups excluding carboxylic acids is 6. The molecule has 1 fully saturated rings. The van der Waals surface area contributed by atoms with Crippen molar-refractivity contribution in [3.05, 3.63) is 118 Å². The average molecular weight is 890 g/mol. The van der Waals surface area contributed by atoms with Crippen LogP contribution in [-0.4, -0.2) is 95.5 Å². The van der Waals surface area contributed by atoms with Gasteiger partial charge in [-0.15, -0.1) is 0 Å². The van der Waals surface area contributed by atoms with Crippen LogP contribution in [0.5, 0.6) is 5.75 Å². The molecule has 21 heteroatoms. The van der Waals surface area contributed by atoms with Crippen molar-refractivity contribution in [3.63, 3.8) is 0 Å². The number of non-ortho nitro benzene ring substituents is 1. The molecule has 0 aliphatic carbocycles. The maximum atomic E-state index is 14.4. The summed E-state index contributed by atoms with van der Waals surface area (Å²) in [7, 11) is 0. The number of nitro benzene ring substituents is 1. The third kappa shape index (κ3) is 13.9. The Kier molecular flexibility index (Phi) is 15.1. The van der Waals surface area contributed by atoms with Crippen molar-refractivity contribution in [1.29, 1.82) is 0 Å². The molecule has 3 N–H and O–H groups in total. The van der Waals surface area contributed by atoms with Crippen LogP contribution in [0, 0.1) is 10.1 Å². The number of alkyl carbamates (subject to hydrolysis) is 2. The number of benzene rings is 3. The first-order valence-electron chi connectivity index (χ1n) is 19.6. The highest BCUT2D eigenvalue weighted by atomic mass is 16.8. The molecule has 0 bridgehead atoms. The van der Waals surface area contributed by atoms with Crippen molar-refractivity contribution in [2.45, 2.75) is 96.2 Å². The van der Waals surface area contributed by atoms with Gasteiger partial charge in [0.1, 0.15) is 23.6 Å². The summed E-state index contributed by atoms with van der Waals surface area (Å²) in [4.78, 5) is 94.6. The smallest absolute Gasteiger partial charge is 0.477 e. The lowest BCUT2D eigenvalue weighted by atomic mass is 9.92. The molecule has 64 heavy (non-hydrogen) atoms. The molecule has 21 nitrogen and oxygen atoms in total. The maximum absolute atomic E-state index is 14.4. The van der Waals surface area contributed by atoms with Crippen LogP contribution in [0.15, 0.2) is 102 Å². The minimum Gasteiger partial charge on any atom is -0.477 e. The SMILES string of the molecule is CC(=O)N[C@@H]1C(N=C(NC(=O)OC(C)(C)C)NC(=O)OC(C)(C)C)C=C(C(=O)OC(c2ccccc2)c2ccccc2)O[C@H]1[C@H](OC(=O)Oc1ccc([N+](=O)[O-])cc1)[C@H]1COC(=O)O1. The molecule has 2 heterocycles. The van der Waals surface area contributed by atoms with E-state index < -0.39 is 107 Å². The summed E-state index contributed by atoms with van der Waals surface area (Å²) in [6.45, 7) is 10.1. The average Bonchev–Trinajstić information content (AvgIpc) is 3.64. The summed E-state index contributed by atoms with van der Waals surface area (Å²) in [5, 5.41) is 18.5. The number of nitrogens with one attached hydrogen (secondary N) is 3. The van der Waals surface area contributed by atoms with Gasteiger partial charge in [0, 0.05) is 19.1 Å². The third-order valence-electron chi connectivity index (χ3n) is 8.61. The Hall–Kier alpha value is -7.71. The molecule has 0 saturated carbocycles. The molecule has 0 aromatic heterocycles. The first-order valence-corrected chi connectivity index (χ1v) is 19.6. The second-order valence-corrected chi connectivity index (χ2v) is 16.1. The van der Waals surface area contributed by atoms with Crippen LogP contribution in [0.25, 0.3) is 0 Å². The number of hydrogen-bond donors (Lipinski definition) is 3. The lowest BCUT2D eigenvalue weighted by Gasteiger charge is -2.40. The highest BCUT2D eigenvalue weighted by Crippen LogP contribution is 2.33. The van der Waals surface area contributed by atoms with E-state index in [1.54, 1.807) is 102 Å². The fraction of sp³-hybridized carbons (Fsp3) is 0.372. The number of esters is 1. The standard InChI is InChI=1S/C43H47N5O16/c1-24(49)44-32-29(45-37(46-38(51)63-42(2,3)4)47-39(52)64-43(5,6)7)22-30(36(50)61-33(25-14-10-8-11-15-25)26-16-12-9-13-17-26)59-35(32)34(31-23-57-40(53)60-31)62-41(54)58-28-20-18-27(19-21-28)48(55)56/h8-22,29,31-35H,23H2,1-7H3,(H,44,49)(H2,45,46,47,51,52)/t29?,31-,32-,34-,35-/m1/s1. The molecule has 2 aliphatic rings. The monoisotopic (exact) mass is 889 g/mol.